The lowest BCUT2D eigenvalue weighted by Gasteiger charge is -2.20. The van der Waals surface area contributed by atoms with Gasteiger partial charge in [-0.1, -0.05) is 24.0 Å². The van der Waals surface area contributed by atoms with Crippen molar-refractivity contribution in [3.63, 3.8) is 0 Å². The zero-order valence-electron chi connectivity index (χ0n) is 10.6. The number of hydrogen-bond acceptors (Lipinski definition) is 3. The minimum atomic E-state index is -0.254. The minimum absolute atomic E-state index is 0.180. The van der Waals surface area contributed by atoms with Crippen molar-refractivity contribution in [1.29, 1.82) is 0 Å². The molecule has 0 bridgehead atoms. The van der Waals surface area contributed by atoms with Crippen LogP contribution < -0.4 is 4.90 Å². The number of nitrogens with zero attached hydrogens (tertiary/aromatic N) is 1. The van der Waals surface area contributed by atoms with Gasteiger partial charge in [-0.05, 0) is 25.0 Å². The third kappa shape index (κ3) is 3.01. The van der Waals surface area contributed by atoms with Gasteiger partial charge in [-0.2, -0.15) is 0 Å². The van der Waals surface area contributed by atoms with E-state index in [1.54, 1.807) is 24.3 Å². The van der Waals surface area contributed by atoms with Crippen LogP contribution in [0.1, 0.15) is 31.2 Å². The summed E-state index contributed by atoms with van der Waals surface area (Å²) >= 11 is 0. The minimum Gasteiger partial charge on any atom is -0.384 e. The molecule has 0 aromatic heterocycles. The van der Waals surface area contributed by atoms with Crippen molar-refractivity contribution in [1.82, 2.24) is 0 Å². The molecule has 4 nitrogen and oxygen atoms in total. The Morgan fingerprint density at radius 3 is 2.37 bits per heavy atom. The molecule has 0 saturated carbocycles. The Balaban J connectivity index is 2.44. The van der Waals surface area contributed by atoms with E-state index in [4.69, 9.17) is 5.11 Å². The molecule has 0 atom stereocenters. The summed E-state index contributed by atoms with van der Waals surface area (Å²) in [6, 6.07) is 7.01. The van der Waals surface area contributed by atoms with Crippen molar-refractivity contribution in [2.75, 3.05) is 11.5 Å². The Morgan fingerprint density at radius 1 is 1.11 bits per heavy atom. The Morgan fingerprint density at radius 2 is 1.74 bits per heavy atom. The fourth-order valence-electron chi connectivity index (χ4n) is 2.09. The van der Waals surface area contributed by atoms with Crippen molar-refractivity contribution in [2.24, 2.45) is 0 Å². The number of benzene rings is 1. The van der Waals surface area contributed by atoms with E-state index in [1.807, 2.05) is 0 Å². The zero-order chi connectivity index (χ0) is 13.7. The molecular formula is C15H15NO3. The number of anilines is 1. The van der Waals surface area contributed by atoms with E-state index >= 15 is 0 Å². The van der Waals surface area contributed by atoms with Crippen molar-refractivity contribution < 1.29 is 14.7 Å². The summed E-state index contributed by atoms with van der Waals surface area (Å²) in [6.45, 7) is -0.254. The summed E-state index contributed by atoms with van der Waals surface area (Å²) in [5.74, 6) is 4.96. The number of aliphatic hydroxyl groups excluding tert-OH is 1. The van der Waals surface area contributed by atoms with Crippen molar-refractivity contribution >= 4 is 17.5 Å². The highest BCUT2D eigenvalue weighted by Crippen LogP contribution is 2.24. The second-order valence-electron chi connectivity index (χ2n) is 4.31. The Kier molecular flexibility index (Phi) is 4.32. The topological polar surface area (TPSA) is 57.6 Å². The summed E-state index contributed by atoms with van der Waals surface area (Å²) in [5, 5.41) is 8.76. The highest BCUT2D eigenvalue weighted by molar-refractivity contribution is 6.15. The third-order valence-corrected chi connectivity index (χ3v) is 2.98. The Hall–Kier alpha value is -2.12. The number of carbonyl (C=O) groups excluding carboxylic acids is 2. The van der Waals surface area contributed by atoms with E-state index in [1.165, 1.54) is 4.90 Å². The van der Waals surface area contributed by atoms with E-state index < -0.39 is 0 Å². The van der Waals surface area contributed by atoms with Crippen LogP contribution in [-0.4, -0.2) is 23.5 Å². The van der Waals surface area contributed by atoms with Gasteiger partial charge in [0.15, 0.2) is 0 Å². The van der Waals surface area contributed by atoms with Gasteiger partial charge in [0, 0.05) is 18.4 Å². The molecule has 4 heteroatoms. The summed E-state index contributed by atoms with van der Waals surface area (Å²) in [6.07, 6.45) is 2.25. The lowest BCUT2D eigenvalue weighted by Crippen LogP contribution is -2.35. The number of para-hydroxylation sites is 1. The van der Waals surface area contributed by atoms with Crippen LogP contribution in [0, 0.1) is 11.8 Å². The molecule has 1 aromatic carbocycles. The van der Waals surface area contributed by atoms with Gasteiger partial charge >= 0.3 is 0 Å². The molecule has 2 amide bonds. The second-order valence-corrected chi connectivity index (χ2v) is 4.31. The molecule has 0 spiro atoms. The van der Waals surface area contributed by atoms with Gasteiger partial charge in [-0.15, -0.1) is 0 Å². The van der Waals surface area contributed by atoms with Crippen molar-refractivity contribution in [2.45, 2.75) is 25.7 Å². The van der Waals surface area contributed by atoms with Gasteiger partial charge in [-0.3, -0.25) is 9.59 Å². The first-order valence-electron chi connectivity index (χ1n) is 6.28. The highest BCUT2D eigenvalue weighted by atomic mass is 16.2. The number of rotatable bonds is 1. The molecule has 1 aromatic rings. The molecule has 0 aliphatic carbocycles. The first-order valence-corrected chi connectivity index (χ1v) is 6.28. The second kappa shape index (κ2) is 6.17. The van der Waals surface area contributed by atoms with Crippen LogP contribution in [0.2, 0.25) is 0 Å². The summed E-state index contributed by atoms with van der Waals surface area (Å²) in [4.78, 5) is 25.3. The fraction of sp³-hybridized carbons (Fsp3) is 0.333. The van der Waals surface area contributed by atoms with Gasteiger partial charge in [0.2, 0.25) is 11.8 Å². The van der Waals surface area contributed by atoms with E-state index in [2.05, 4.69) is 11.8 Å². The molecule has 1 N–H and O–H groups in total. The predicted octanol–water partition coefficient (Wildman–Crippen LogP) is 1.46. The Bertz CT molecular complexity index is 536. The van der Waals surface area contributed by atoms with E-state index in [-0.39, 0.29) is 18.4 Å². The maximum absolute atomic E-state index is 12.1. The third-order valence-electron chi connectivity index (χ3n) is 2.98. The molecule has 0 unspecified atom stereocenters. The number of imide groups is 1. The van der Waals surface area contributed by atoms with Gasteiger partial charge < -0.3 is 5.11 Å². The summed E-state index contributed by atoms with van der Waals surface area (Å²) < 4.78 is 0. The fourth-order valence-corrected chi connectivity index (χ4v) is 2.09. The molecule has 1 aliphatic rings. The van der Waals surface area contributed by atoms with Crippen LogP contribution in [0.15, 0.2) is 24.3 Å². The molecule has 2 rings (SSSR count). The van der Waals surface area contributed by atoms with Crippen LogP contribution in [0.4, 0.5) is 5.69 Å². The molecule has 1 aliphatic heterocycles. The van der Waals surface area contributed by atoms with Crippen molar-refractivity contribution in [3.05, 3.63) is 29.8 Å². The van der Waals surface area contributed by atoms with Crippen LogP contribution in [0.5, 0.6) is 0 Å². The SMILES string of the molecule is O=C1CCCCC(=O)N1c1ccccc1C#CCO. The van der Waals surface area contributed by atoms with E-state index in [0.717, 1.165) is 12.8 Å². The molecule has 98 valence electrons. The zero-order valence-corrected chi connectivity index (χ0v) is 10.6. The van der Waals surface area contributed by atoms with Gasteiger partial charge in [0.25, 0.3) is 0 Å². The normalized spacial score (nSPS) is 15.7. The lowest BCUT2D eigenvalue weighted by molar-refractivity contribution is -0.125. The monoisotopic (exact) mass is 257 g/mol. The first kappa shape index (κ1) is 13.3. The van der Waals surface area contributed by atoms with E-state index in [0.29, 0.717) is 24.1 Å². The number of hydrogen-bond donors (Lipinski definition) is 1. The Labute approximate surface area is 112 Å². The molecule has 0 radical (unpaired) electrons. The predicted molar refractivity (Wildman–Crippen MR) is 71.4 cm³/mol. The largest absolute Gasteiger partial charge is 0.384 e. The van der Waals surface area contributed by atoms with E-state index in [9.17, 15) is 9.59 Å². The summed E-state index contributed by atoms with van der Waals surface area (Å²) in [7, 11) is 0. The highest BCUT2D eigenvalue weighted by Gasteiger charge is 2.26. The smallest absolute Gasteiger partial charge is 0.233 e. The number of carbonyl (C=O) groups is 2. The van der Waals surface area contributed by atoms with Gasteiger partial charge in [0.1, 0.15) is 6.61 Å². The van der Waals surface area contributed by atoms with Crippen molar-refractivity contribution in [3.8, 4) is 11.8 Å². The molecule has 1 heterocycles. The molecule has 1 fully saturated rings. The maximum Gasteiger partial charge on any atom is 0.233 e. The number of amides is 2. The number of aliphatic hydroxyl groups is 1. The maximum atomic E-state index is 12.1. The average molecular weight is 257 g/mol. The average Bonchev–Trinajstić information content (AvgIpc) is 2.58. The van der Waals surface area contributed by atoms with Crippen LogP contribution in [0.25, 0.3) is 0 Å². The van der Waals surface area contributed by atoms with Gasteiger partial charge in [-0.25, -0.2) is 4.90 Å². The van der Waals surface area contributed by atoms with Gasteiger partial charge in [0.05, 0.1) is 5.69 Å². The quantitative estimate of drug-likeness (QED) is 0.612. The summed E-state index contributed by atoms with van der Waals surface area (Å²) in [5.41, 5.74) is 1.10. The standard InChI is InChI=1S/C15H15NO3/c17-11-5-7-12-6-1-2-8-13(12)16-14(18)9-3-4-10-15(16)19/h1-2,6,8,17H,3-4,9-11H2. The molecule has 1 saturated heterocycles. The van der Waals surface area contributed by atoms with Crippen LogP contribution in [-0.2, 0) is 9.59 Å². The molecular weight excluding hydrogens is 242 g/mol. The molecule has 19 heavy (non-hydrogen) atoms. The van der Waals surface area contributed by atoms with Crippen LogP contribution >= 0.6 is 0 Å². The lowest BCUT2D eigenvalue weighted by atomic mass is 10.1. The van der Waals surface area contributed by atoms with Crippen LogP contribution in [0.3, 0.4) is 0 Å². The first-order chi connectivity index (χ1) is 9.24.